The molecule has 0 spiro atoms. The Morgan fingerprint density at radius 1 is 1.26 bits per heavy atom. The number of benzene rings is 1. The average molecular weight is 293 g/mol. The van der Waals surface area contributed by atoms with Crippen molar-refractivity contribution >= 4 is 4.23 Å². The molecule has 99 valence electrons. The fourth-order valence-electron chi connectivity index (χ4n) is 1.88. The molecule has 0 saturated heterocycles. The number of hydrogen-bond acceptors (Lipinski definition) is 2. The van der Waals surface area contributed by atoms with Crippen LogP contribution in [-0.2, 0) is 17.0 Å². The van der Waals surface area contributed by atoms with Crippen LogP contribution in [0.25, 0.3) is 0 Å². The predicted molar refractivity (Wildman–Crippen MR) is 74.5 cm³/mol. The van der Waals surface area contributed by atoms with Gasteiger partial charge in [0.1, 0.15) is 0 Å². The van der Waals surface area contributed by atoms with Gasteiger partial charge in [-0.3, -0.25) is 0 Å². The van der Waals surface area contributed by atoms with Crippen molar-refractivity contribution in [3.63, 3.8) is 0 Å². The summed E-state index contributed by atoms with van der Waals surface area (Å²) in [5, 5.41) is 0. The van der Waals surface area contributed by atoms with Crippen LogP contribution in [0.3, 0.4) is 0 Å². The summed E-state index contributed by atoms with van der Waals surface area (Å²) in [6.45, 7) is 8.01. The first-order valence-electron chi connectivity index (χ1n) is 6.39. The van der Waals surface area contributed by atoms with Crippen molar-refractivity contribution in [3.05, 3.63) is 48.6 Å². The third kappa shape index (κ3) is 4.12. The van der Waals surface area contributed by atoms with E-state index in [0.717, 1.165) is 27.7 Å². The molecule has 19 heavy (non-hydrogen) atoms. The SMILES string of the molecule is C=C1C=C[C](=[V])C(Oc2cccc(OC(C)C)c2)C1. The van der Waals surface area contributed by atoms with Crippen molar-refractivity contribution in [2.24, 2.45) is 0 Å². The monoisotopic (exact) mass is 293 g/mol. The summed E-state index contributed by atoms with van der Waals surface area (Å²) in [7, 11) is 0. The molecule has 3 heteroatoms. The summed E-state index contributed by atoms with van der Waals surface area (Å²) in [5.41, 5.74) is 1.09. The Morgan fingerprint density at radius 2 is 2.00 bits per heavy atom. The minimum atomic E-state index is 0.0480. The van der Waals surface area contributed by atoms with Gasteiger partial charge in [-0.15, -0.1) is 0 Å². The summed E-state index contributed by atoms with van der Waals surface area (Å²) in [4.78, 5) is 0. The molecular formula is C16H18O2V. The van der Waals surface area contributed by atoms with Gasteiger partial charge in [-0.2, -0.15) is 0 Å². The second kappa shape index (κ2) is 6.27. The third-order valence-corrected chi connectivity index (χ3v) is 3.41. The molecule has 1 aromatic carbocycles. The first kappa shape index (κ1) is 14.2. The van der Waals surface area contributed by atoms with E-state index in [1.807, 2.05) is 50.3 Å². The molecule has 1 aliphatic carbocycles. The molecule has 0 N–H and O–H groups in total. The number of hydrogen-bond donors (Lipinski definition) is 0. The zero-order chi connectivity index (χ0) is 13.8. The molecule has 0 aliphatic heterocycles. The van der Waals surface area contributed by atoms with Crippen LogP contribution in [-0.4, -0.2) is 16.4 Å². The van der Waals surface area contributed by atoms with E-state index in [4.69, 9.17) is 9.47 Å². The zero-order valence-corrected chi connectivity index (χ0v) is 12.7. The topological polar surface area (TPSA) is 18.5 Å². The molecule has 2 nitrogen and oxygen atoms in total. The van der Waals surface area contributed by atoms with Gasteiger partial charge < -0.3 is 0 Å². The van der Waals surface area contributed by atoms with E-state index in [9.17, 15) is 0 Å². The molecule has 0 fully saturated rings. The Balaban J connectivity index is 2.08. The quantitative estimate of drug-likeness (QED) is 0.846. The van der Waals surface area contributed by atoms with Crippen molar-refractivity contribution in [3.8, 4) is 11.5 Å². The van der Waals surface area contributed by atoms with Crippen LogP contribution in [0.4, 0.5) is 0 Å². The minimum absolute atomic E-state index is 0.0480. The van der Waals surface area contributed by atoms with Gasteiger partial charge in [0.25, 0.3) is 0 Å². The van der Waals surface area contributed by atoms with E-state index in [1.54, 1.807) is 0 Å². The molecule has 0 heterocycles. The summed E-state index contributed by atoms with van der Waals surface area (Å²) < 4.78 is 12.8. The molecule has 0 radical (unpaired) electrons. The Labute approximate surface area is 123 Å². The molecule has 1 atom stereocenters. The maximum absolute atomic E-state index is 6.02. The van der Waals surface area contributed by atoms with Crippen LogP contribution in [0.2, 0.25) is 0 Å². The van der Waals surface area contributed by atoms with Crippen molar-refractivity contribution in [1.82, 2.24) is 0 Å². The van der Waals surface area contributed by atoms with E-state index < -0.39 is 0 Å². The molecule has 0 amide bonds. The van der Waals surface area contributed by atoms with Gasteiger partial charge in [0, 0.05) is 0 Å². The van der Waals surface area contributed by atoms with Crippen LogP contribution >= 0.6 is 0 Å². The van der Waals surface area contributed by atoms with E-state index in [2.05, 4.69) is 23.6 Å². The molecule has 0 bridgehead atoms. The van der Waals surface area contributed by atoms with Gasteiger partial charge in [0.2, 0.25) is 0 Å². The third-order valence-electron chi connectivity index (χ3n) is 2.72. The van der Waals surface area contributed by atoms with E-state index in [-0.39, 0.29) is 12.2 Å². The van der Waals surface area contributed by atoms with Gasteiger partial charge >= 0.3 is 123 Å². The summed E-state index contributed by atoms with van der Waals surface area (Å²) in [5.74, 6) is 1.67. The van der Waals surface area contributed by atoms with Crippen LogP contribution in [0.5, 0.6) is 11.5 Å². The van der Waals surface area contributed by atoms with Crippen molar-refractivity contribution in [2.75, 3.05) is 0 Å². The van der Waals surface area contributed by atoms with E-state index in [1.165, 1.54) is 0 Å². The maximum atomic E-state index is 6.02. The van der Waals surface area contributed by atoms with Gasteiger partial charge in [-0.1, -0.05) is 0 Å². The first-order valence-corrected chi connectivity index (χ1v) is 7.09. The first-order chi connectivity index (χ1) is 9.04. The van der Waals surface area contributed by atoms with Crippen LogP contribution in [0.15, 0.2) is 48.6 Å². The number of rotatable bonds is 4. The van der Waals surface area contributed by atoms with E-state index in [0.29, 0.717) is 0 Å². The molecule has 1 aromatic rings. The predicted octanol–water partition coefficient (Wildman–Crippen LogP) is 3.46. The molecule has 0 aromatic heterocycles. The normalized spacial score (nSPS) is 18.7. The van der Waals surface area contributed by atoms with Crippen LogP contribution < -0.4 is 9.47 Å². The molecule has 2 rings (SSSR count). The Kier molecular flexibility index (Phi) is 4.68. The fourth-order valence-corrected chi connectivity index (χ4v) is 2.22. The summed E-state index contributed by atoms with van der Waals surface area (Å²) >= 11 is 2.57. The molecular weight excluding hydrogens is 275 g/mol. The van der Waals surface area contributed by atoms with Gasteiger partial charge in [-0.05, 0) is 0 Å². The standard InChI is InChI=1S/C16H18O2.V/c1-12(2)17-15-8-5-9-16(11-15)18-14-7-4-6-13(3)10-14;/h4-6,8-9,11-12,14H,3,10H2,1-2H3;. The van der Waals surface area contributed by atoms with Crippen molar-refractivity contribution in [1.29, 1.82) is 0 Å². The Hall–Kier alpha value is -1.25. The molecule has 0 saturated carbocycles. The Morgan fingerprint density at radius 3 is 2.74 bits per heavy atom. The molecule has 1 aliphatic rings. The number of allylic oxidation sites excluding steroid dienone is 1. The Bertz CT molecular complexity index is 517. The van der Waals surface area contributed by atoms with Crippen LogP contribution in [0.1, 0.15) is 20.3 Å². The second-order valence-electron chi connectivity index (χ2n) is 4.87. The van der Waals surface area contributed by atoms with Crippen molar-refractivity contribution < 1.29 is 26.5 Å². The van der Waals surface area contributed by atoms with Crippen LogP contribution in [0, 0.1) is 0 Å². The van der Waals surface area contributed by atoms with Gasteiger partial charge in [0.15, 0.2) is 0 Å². The second-order valence-corrected chi connectivity index (χ2v) is 5.67. The van der Waals surface area contributed by atoms with E-state index >= 15 is 0 Å². The zero-order valence-electron chi connectivity index (χ0n) is 11.3. The van der Waals surface area contributed by atoms with Gasteiger partial charge in [0.05, 0.1) is 0 Å². The number of ether oxygens (including phenoxy) is 2. The summed E-state index contributed by atoms with van der Waals surface area (Å²) in [6.07, 6.45) is 5.12. The fraction of sp³-hybridized carbons (Fsp3) is 0.312. The van der Waals surface area contributed by atoms with Crippen molar-refractivity contribution in [2.45, 2.75) is 32.5 Å². The molecule has 1 unspecified atom stereocenters. The average Bonchev–Trinajstić information content (AvgIpc) is 2.33. The summed E-state index contributed by atoms with van der Waals surface area (Å²) in [6, 6.07) is 7.78. The van der Waals surface area contributed by atoms with Gasteiger partial charge in [-0.25, -0.2) is 0 Å².